The lowest BCUT2D eigenvalue weighted by molar-refractivity contribution is 0.481. The fraction of sp³-hybridized carbons (Fsp3) is 0.889. The molecule has 0 amide bonds. The second-order valence-corrected chi connectivity index (χ2v) is 3.84. The van der Waals surface area contributed by atoms with Crippen LogP contribution >= 0.6 is 12.2 Å². The van der Waals surface area contributed by atoms with Gasteiger partial charge in [-0.3, -0.25) is 0 Å². The van der Waals surface area contributed by atoms with E-state index in [1.54, 1.807) is 0 Å². The molecule has 1 fully saturated rings. The molecule has 10 heavy (non-hydrogen) atoms. The van der Waals surface area contributed by atoms with Gasteiger partial charge in [-0.1, -0.05) is 38.4 Å². The standard InChI is InChI=1S/C9H16S/c1-2-8-5-3-4-6-9(10)7-8/h8H,2-7H2,1H3. The van der Waals surface area contributed by atoms with E-state index in [1.807, 2.05) is 0 Å². The van der Waals surface area contributed by atoms with Crippen molar-refractivity contribution in [2.24, 2.45) is 5.92 Å². The summed E-state index contributed by atoms with van der Waals surface area (Å²) in [4.78, 5) is 1.32. The lowest BCUT2D eigenvalue weighted by Crippen LogP contribution is -2.01. The summed E-state index contributed by atoms with van der Waals surface area (Å²) in [6, 6.07) is 0. The smallest absolute Gasteiger partial charge is 0.00687 e. The van der Waals surface area contributed by atoms with Gasteiger partial charge in [0.25, 0.3) is 0 Å². The van der Waals surface area contributed by atoms with Crippen LogP contribution in [-0.2, 0) is 0 Å². The molecule has 0 aliphatic heterocycles. The zero-order valence-corrected chi connectivity index (χ0v) is 7.54. The Hall–Kier alpha value is 0.0900. The van der Waals surface area contributed by atoms with E-state index >= 15 is 0 Å². The molecule has 0 aromatic rings. The molecular weight excluding hydrogens is 140 g/mol. The topological polar surface area (TPSA) is 0 Å². The van der Waals surface area contributed by atoms with Gasteiger partial charge in [0.1, 0.15) is 0 Å². The second-order valence-electron chi connectivity index (χ2n) is 3.26. The van der Waals surface area contributed by atoms with Gasteiger partial charge in [-0.05, 0) is 30.0 Å². The molecule has 0 bridgehead atoms. The molecule has 0 radical (unpaired) electrons. The Balaban J connectivity index is 2.38. The van der Waals surface area contributed by atoms with Crippen LogP contribution in [0.5, 0.6) is 0 Å². The van der Waals surface area contributed by atoms with Crippen molar-refractivity contribution in [1.82, 2.24) is 0 Å². The number of hydrogen-bond acceptors (Lipinski definition) is 1. The highest BCUT2D eigenvalue weighted by Crippen LogP contribution is 2.23. The van der Waals surface area contributed by atoms with E-state index < -0.39 is 0 Å². The second kappa shape index (κ2) is 4.07. The van der Waals surface area contributed by atoms with E-state index in [0.717, 1.165) is 5.92 Å². The third-order valence-electron chi connectivity index (χ3n) is 2.41. The summed E-state index contributed by atoms with van der Waals surface area (Å²) in [5, 5.41) is 0. The predicted octanol–water partition coefficient (Wildman–Crippen LogP) is 3.35. The van der Waals surface area contributed by atoms with Crippen LogP contribution in [0.2, 0.25) is 0 Å². The first-order valence-electron chi connectivity index (χ1n) is 4.34. The lowest BCUT2D eigenvalue weighted by Gasteiger charge is -2.09. The highest BCUT2D eigenvalue weighted by molar-refractivity contribution is 7.80. The Morgan fingerprint density at radius 3 is 3.00 bits per heavy atom. The van der Waals surface area contributed by atoms with E-state index in [2.05, 4.69) is 6.92 Å². The van der Waals surface area contributed by atoms with Gasteiger partial charge in [-0.15, -0.1) is 0 Å². The van der Waals surface area contributed by atoms with E-state index in [0.29, 0.717) is 0 Å². The Bertz CT molecular complexity index is 118. The van der Waals surface area contributed by atoms with E-state index in [9.17, 15) is 0 Å². The Labute approximate surface area is 69.0 Å². The minimum absolute atomic E-state index is 0.912. The van der Waals surface area contributed by atoms with Crippen LogP contribution in [0.3, 0.4) is 0 Å². The molecular formula is C9H16S. The summed E-state index contributed by atoms with van der Waals surface area (Å²) >= 11 is 5.24. The van der Waals surface area contributed by atoms with Crippen LogP contribution < -0.4 is 0 Å². The van der Waals surface area contributed by atoms with Crippen LogP contribution in [-0.4, -0.2) is 4.86 Å². The van der Waals surface area contributed by atoms with Gasteiger partial charge in [-0.25, -0.2) is 0 Å². The van der Waals surface area contributed by atoms with Gasteiger partial charge in [0, 0.05) is 0 Å². The quantitative estimate of drug-likeness (QED) is 0.414. The van der Waals surface area contributed by atoms with Crippen molar-refractivity contribution in [2.45, 2.75) is 45.4 Å². The molecule has 1 saturated carbocycles. The number of rotatable bonds is 1. The largest absolute Gasteiger partial charge is 0.0897 e. The van der Waals surface area contributed by atoms with Gasteiger partial charge < -0.3 is 0 Å². The molecule has 1 aliphatic carbocycles. The third-order valence-corrected chi connectivity index (χ3v) is 2.78. The SMILES string of the molecule is CCC1CCCCC(=S)C1. The maximum Gasteiger partial charge on any atom is -0.00687 e. The van der Waals surface area contributed by atoms with Gasteiger partial charge in [0.05, 0.1) is 0 Å². The summed E-state index contributed by atoms with van der Waals surface area (Å²) in [6.07, 6.45) is 7.92. The molecule has 1 heteroatoms. The van der Waals surface area contributed by atoms with Crippen molar-refractivity contribution in [1.29, 1.82) is 0 Å². The van der Waals surface area contributed by atoms with Crippen molar-refractivity contribution in [3.63, 3.8) is 0 Å². The van der Waals surface area contributed by atoms with Gasteiger partial charge in [0.2, 0.25) is 0 Å². The molecule has 58 valence electrons. The van der Waals surface area contributed by atoms with Gasteiger partial charge in [0.15, 0.2) is 0 Å². The molecule has 0 heterocycles. The van der Waals surface area contributed by atoms with E-state index in [4.69, 9.17) is 12.2 Å². The van der Waals surface area contributed by atoms with E-state index in [-0.39, 0.29) is 0 Å². The van der Waals surface area contributed by atoms with Crippen LogP contribution in [0.25, 0.3) is 0 Å². The predicted molar refractivity (Wildman–Crippen MR) is 49.5 cm³/mol. The molecule has 0 N–H and O–H groups in total. The van der Waals surface area contributed by atoms with Crippen LogP contribution in [0.4, 0.5) is 0 Å². The molecule has 0 aromatic heterocycles. The minimum Gasteiger partial charge on any atom is -0.0897 e. The maximum atomic E-state index is 5.24. The number of thiocarbonyl (C=S) groups is 1. The molecule has 1 aliphatic rings. The number of hydrogen-bond donors (Lipinski definition) is 0. The van der Waals surface area contributed by atoms with E-state index in [1.165, 1.54) is 43.4 Å². The fourth-order valence-corrected chi connectivity index (χ4v) is 2.01. The Morgan fingerprint density at radius 1 is 1.50 bits per heavy atom. The molecule has 0 nitrogen and oxygen atoms in total. The molecule has 1 atom stereocenters. The molecule has 1 unspecified atom stereocenters. The first kappa shape index (κ1) is 8.19. The zero-order chi connectivity index (χ0) is 7.40. The van der Waals surface area contributed by atoms with Crippen LogP contribution in [0.15, 0.2) is 0 Å². The maximum absolute atomic E-state index is 5.24. The lowest BCUT2D eigenvalue weighted by atomic mass is 9.98. The average Bonchev–Trinajstić information content (AvgIpc) is 2.13. The Kier molecular flexibility index (Phi) is 3.33. The summed E-state index contributed by atoms with van der Waals surface area (Å²) in [5.74, 6) is 0.912. The first-order valence-corrected chi connectivity index (χ1v) is 4.75. The molecule has 1 rings (SSSR count). The minimum atomic E-state index is 0.912. The van der Waals surface area contributed by atoms with Crippen molar-refractivity contribution >= 4 is 17.1 Å². The third kappa shape index (κ3) is 2.37. The monoisotopic (exact) mass is 156 g/mol. The van der Waals surface area contributed by atoms with Crippen molar-refractivity contribution in [2.75, 3.05) is 0 Å². The van der Waals surface area contributed by atoms with Crippen molar-refractivity contribution in [3.05, 3.63) is 0 Å². The normalized spacial score (nSPS) is 28.1. The first-order chi connectivity index (χ1) is 4.83. The highest BCUT2D eigenvalue weighted by atomic mass is 32.1. The molecule has 0 spiro atoms. The fourth-order valence-electron chi connectivity index (χ4n) is 1.63. The summed E-state index contributed by atoms with van der Waals surface area (Å²) in [7, 11) is 0. The summed E-state index contributed by atoms with van der Waals surface area (Å²) in [6.45, 7) is 2.28. The van der Waals surface area contributed by atoms with Crippen LogP contribution in [0.1, 0.15) is 45.4 Å². The molecule has 0 saturated heterocycles. The summed E-state index contributed by atoms with van der Waals surface area (Å²) in [5.41, 5.74) is 0. The van der Waals surface area contributed by atoms with Crippen molar-refractivity contribution in [3.8, 4) is 0 Å². The average molecular weight is 156 g/mol. The molecule has 0 aromatic carbocycles. The summed E-state index contributed by atoms with van der Waals surface area (Å²) < 4.78 is 0. The van der Waals surface area contributed by atoms with Gasteiger partial charge >= 0.3 is 0 Å². The van der Waals surface area contributed by atoms with Gasteiger partial charge in [-0.2, -0.15) is 0 Å². The zero-order valence-electron chi connectivity index (χ0n) is 6.73. The van der Waals surface area contributed by atoms with Crippen LogP contribution in [0, 0.1) is 5.92 Å². The highest BCUT2D eigenvalue weighted by Gasteiger charge is 2.12. The van der Waals surface area contributed by atoms with Crippen molar-refractivity contribution < 1.29 is 0 Å². The Morgan fingerprint density at radius 2 is 2.30 bits per heavy atom.